The normalized spacial score (nSPS) is 10.7. The second kappa shape index (κ2) is 14.3. The molecule has 0 aliphatic rings. The van der Waals surface area contributed by atoms with Gasteiger partial charge in [-0.2, -0.15) is 0 Å². The summed E-state index contributed by atoms with van der Waals surface area (Å²) >= 11 is 0. The third-order valence-electron chi connectivity index (χ3n) is 4.01. The van der Waals surface area contributed by atoms with Crippen LogP contribution in [0.25, 0.3) is 0 Å². The van der Waals surface area contributed by atoms with E-state index in [1.54, 1.807) is 0 Å². The van der Waals surface area contributed by atoms with Crippen molar-refractivity contribution in [3.8, 4) is 0 Å². The zero-order valence-electron chi connectivity index (χ0n) is 14.6. The van der Waals surface area contributed by atoms with Gasteiger partial charge in [0.1, 0.15) is 0 Å². The van der Waals surface area contributed by atoms with E-state index in [2.05, 4.69) is 16.9 Å². The molecule has 130 valence electrons. The fourth-order valence-electron chi connectivity index (χ4n) is 2.58. The third kappa shape index (κ3) is 11.8. The van der Waals surface area contributed by atoms with E-state index in [1.165, 1.54) is 51.2 Å². The van der Waals surface area contributed by atoms with Gasteiger partial charge in [0.25, 0.3) is 0 Å². The van der Waals surface area contributed by atoms with Gasteiger partial charge in [-0.3, -0.25) is 4.79 Å². The summed E-state index contributed by atoms with van der Waals surface area (Å²) in [5.74, 6) is -0.0838. The predicted molar refractivity (Wildman–Crippen MR) is 94.3 cm³/mol. The van der Waals surface area contributed by atoms with Gasteiger partial charge in [-0.1, -0.05) is 75.3 Å². The Morgan fingerprint density at radius 1 is 0.826 bits per heavy atom. The molecule has 0 fully saturated rings. The second-order valence-corrected chi connectivity index (χ2v) is 6.05. The first-order valence-electron chi connectivity index (χ1n) is 9.01. The number of benzene rings is 1. The van der Waals surface area contributed by atoms with Crippen molar-refractivity contribution >= 4 is 5.97 Å². The first-order valence-corrected chi connectivity index (χ1v) is 9.01. The Kier molecular flexibility index (Phi) is 12.2. The lowest BCUT2D eigenvalue weighted by Gasteiger charge is -2.05. The van der Waals surface area contributed by atoms with Crippen LogP contribution < -0.4 is 0 Å². The summed E-state index contributed by atoms with van der Waals surface area (Å²) in [5.41, 5.74) is 1.25. The Bertz CT molecular complexity index is 389. The molecule has 0 unspecified atom stereocenters. The summed E-state index contributed by atoms with van der Waals surface area (Å²) < 4.78 is 10.3. The Morgan fingerprint density at radius 2 is 1.39 bits per heavy atom. The summed E-state index contributed by atoms with van der Waals surface area (Å²) in [4.78, 5) is 10.9. The van der Waals surface area contributed by atoms with Crippen molar-refractivity contribution in [1.29, 1.82) is 0 Å². The summed E-state index contributed by atoms with van der Waals surface area (Å²) in [5, 5.41) is 0. The number of hydrogen-bond acceptors (Lipinski definition) is 3. The van der Waals surface area contributed by atoms with Crippen molar-refractivity contribution in [3.05, 3.63) is 35.9 Å². The molecule has 1 aromatic carbocycles. The SMILES string of the molecule is COC(=O)CCCCCCCCCCCOCc1ccccc1. The first-order chi connectivity index (χ1) is 11.3. The van der Waals surface area contributed by atoms with Crippen LogP contribution in [-0.4, -0.2) is 19.7 Å². The molecule has 0 saturated carbocycles. The molecular formula is C20H32O3. The summed E-state index contributed by atoms with van der Waals surface area (Å²) in [6.45, 7) is 1.59. The smallest absolute Gasteiger partial charge is 0.305 e. The molecule has 3 nitrogen and oxygen atoms in total. The van der Waals surface area contributed by atoms with Gasteiger partial charge in [-0.25, -0.2) is 0 Å². The molecule has 0 saturated heterocycles. The largest absolute Gasteiger partial charge is 0.469 e. The zero-order chi connectivity index (χ0) is 16.6. The van der Waals surface area contributed by atoms with Crippen molar-refractivity contribution in [2.45, 2.75) is 70.8 Å². The van der Waals surface area contributed by atoms with Gasteiger partial charge in [0, 0.05) is 13.0 Å². The van der Waals surface area contributed by atoms with E-state index >= 15 is 0 Å². The molecule has 0 bridgehead atoms. The van der Waals surface area contributed by atoms with Crippen LogP contribution in [0.15, 0.2) is 30.3 Å². The molecule has 0 N–H and O–H groups in total. The lowest BCUT2D eigenvalue weighted by molar-refractivity contribution is -0.140. The highest BCUT2D eigenvalue weighted by molar-refractivity contribution is 5.68. The molecule has 3 heteroatoms. The number of unbranched alkanes of at least 4 members (excludes halogenated alkanes) is 8. The predicted octanol–water partition coefficient (Wildman–Crippen LogP) is 5.28. The van der Waals surface area contributed by atoms with Crippen molar-refractivity contribution < 1.29 is 14.3 Å². The van der Waals surface area contributed by atoms with Crippen LogP contribution in [0.4, 0.5) is 0 Å². The van der Waals surface area contributed by atoms with Crippen molar-refractivity contribution in [1.82, 2.24) is 0 Å². The van der Waals surface area contributed by atoms with E-state index in [0.29, 0.717) is 6.42 Å². The zero-order valence-corrected chi connectivity index (χ0v) is 14.6. The number of carbonyl (C=O) groups is 1. The van der Waals surface area contributed by atoms with Crippen LogP contribution >= 0.6 is 0 Å². The minimum atomic E-state index is -0.0838. The highest BCUT2D eigenvalue weighted by Gasteiger charge is 1.99. The number of ether oxygens (including phenoxy) is 2. The molecule has 23 heavy (non-hydrogen) atoms. The van der Waals surface area contributed by atoms with Crippen molar-refractivity contribution in [2.24, 2.45) is 0 Å². The van der Waals surface area contributed by atoms with Crippen molar-refractivity contribution in [3.63, 3.8) is 0 Å². The molecule has 0 spiro atoms. The maximum Gasteiger partial charge on any atom is 0.305 e. The molecule has 0 atom stereocenters. The second-order valence-electron chi connectivity index (χ2n) is 6.05. The number of carbonyl (C=O) groups excluding carboxylic acids is 1. The molecule has 1 rings (SSSR count). The third-order valence-corrected chi connectivity index (χ3v) is 4.01. The average Bonchev–Trinajstić information content (AvgIpc) is 2.59. The highest BCUT2D eigenvalue weighted by atomic mass is 16.5. The minimum absolute atomic E-state index is 0.0838. The van der Waals surface area contributed by atoms with E-state index in [-0.39, 0.29) is 5.97 Å². The highest BCUT2D eigenvalue weighted by Crippen LogP contribution is 2.11. The number of esters is 1. The lowest BCUT2D eigenvalue weighted by atomic mass is 10.1. The van der Waals surface area contributed by atoms with Crippen LogP contribution in [0, 0.1) is 0 Å². The fourth-order valence-corrected chi connectivity index (χ4v) is 2.58. The fraction of sp³-hybridized carbons (Fsp3) is 0.650. The van der Waals surface area contributed by atoms with Gasteiger partial charge in [0.05, 0.1) is 13.7 Å². The van der Waals surface area contributed by atoms with E-state index in [1.807, 2.05) is 18.2 Å². The standard InChI is InChI=1S/C20H32O3/c1-22-20(21)16-12-7-5-3-2-4-6-8-13-17-23-18-19-14-10-9-11-15-19/h9-11,14-15H,2-8,12-13,16-18H2,1H3. The Balaban J connectivity index is 1.76. The minimum Gasteiger partial charge on any atom is -0.469 e. The number of hydrogen-bond donors (Lipinski definition) is 0. The van der Waals surface area contributed by atoms with Crippen LogP contribution in [0.1, 0.15) is 69.8 Å². The van der Waals surface area contributed by atoms with E-state index in [9.17, 15) is 4.79 Å². The molecule has 0 amide bonds. The molecule has 1 aromatic rings. The number of methoxy groups -OCH3 is 1. The van der Waals surface area contributed by atoms with Crippen LogP contribution in [0.5, 0.6) is 0 Å². The molecule has 0 aromatic heterocycles. The summed E-state index contributed by atoms with van der Waals surface area (Å²) in [6.07, 6.45) is 11.5. The van der Waals surface area contributed by atoms with E-state index in [4.69, 9.17) is 4.74 Å². The van der Waals surface area contributed by atoms with Crippen LogP contribution in [0.3, 0.4) is 0 Å². The Morgan fingerprint density at radius 3 is 2.00 bits per heavy atom. The van der Waals surface area contributed by atoms with Crippen molar-refractivity contribution in [2.75, 3.05) is 13.7 Å². The van der Waals surface area contributed by atoms with E-state index < -0.39 is 0 Å². The van der Waals surface area contributed by atoms with Gasteiger partial charge in [0.15, 0.2) is 0 Å². The lowest BCUT2D eigenvalue weighted by Crippen LogP contribution is -1.99. The molecule has 0 aliphatic heterocycles. The maximum atomic E-state index is 10.9. The van der Waals surface area contributed by atoms with Gasteiger partial charge in [-0.05, 0) is 18.4 Å². The van der Waals surface area contributed by atoms with Gasteiger partial charge in [0.2, 0.25) is 0 Å². The maximum absolute atomic E-state index is 10.9. The Labute approximate surface area is 141 Å². The van der Waals surface area contributed by atoms with Gasteiger partial charge >= 0.3 is 5.97 Å². The average molecular weight is 320 g/mol. The molecule has 0 aliphatic carbocycles. The summed E-state index contributed by atoms with van der Waals surface area (Å²) in [7, 11) is 1.45. The molecule has 0 heterocycles. The quantitative estimate of drug-likeness (QED) is 0.346. The van der Waals surface area contributed by atoms with E-state index in [0.717, 1.165) is 32.5 Å². The molecule has 0 radical (unpaired) electrons. The monoisotopic (exact) mass is 320 g/mol. The van der Waals surface area contributed by atoms with Gasteiger partial charge in [-0.15, -0.1) is 0 Å². The van der Waals surface area contributed by atoms with Crippen LogP contribution in [-0.2, 0) is 20.9 Å². The van der Waals surface area contributed by atoms with Gasteiger partial charge < -0.3 is 9.47 Å². The first kappa shape index (κ1) is 19.7. The Hall–Kier alpha value is -1.35. The summed E-state index contributed by atoms with van der Waals surface area (Å²) in [6, 6.07) is 10.3. The topological polar surface area (TPSA) is 35.5 Å². The molecular weight excluding hydrogens is 288 g/mol. The van der Waals surface area contributed by atoms with Crippen LogP contribution in [0.2, 0.25) is 0 Å². The number of rotatable bonds is 14.